The highest BCUT2D eigenvalue weighted by atomic mass is 32.1. The van der Waals surface area contributed by atoms with Gasteiger partial charge < -0.3 is 10.8 Å². The summed E-state index contributed by atoms with van der Waals surface area (Å²) in [5.74, 6) is -0.259. The normalized spacial score (nSPS) is 17.8. The summed E-state index contributed by atoms with van der Waals surface area (Å²) in [5, 5.41) is 9.87. The van der Waals surface area contributed by atoms with E-state index in [-0.39, 0.29) is 12.0 Å². The van der Waals surface area contributed by atoms with Crippen molar-refractivity contribution in [3.05, 3.63) is 15.6 Å². The maximum atomic E-state index is 11.1. The Morgan fingerprint density at radius 3 is 2.56 bits per heavy atom. The Kier molecular flexibility index (Phi) is 2.99. The Morgan fingerprint density at radius 2 is 2.19 bits per heavy atom. The molecular formula is C11H16N2O2S. The van der Waals surface area contributed by atoms with E-state index < -0.39 is 5.97 Å². The van der Waals surface area contributed by atoms with Gasteiger partial charge in [-0.2, -0.15) is 0 Å². The van der Waals surface area contributed by atoms with Crippen LogP contribution in [0.5, 0.6) is 0 Å². The zero-order valence-corrected chi connectivity index (χ0v) is 10.3. The number of carbonyl (C=O) groups is 1. The first-order valence-corrected chi connectivity index (χ1v) is 6.31. The summed E-state index contributed by atoms with van der Waals surface area (Å²) in [4.78, 5) is 15.8. The Labute approximate surface area is 98.5 Å². The zero-order chi connectivity index (χ0) is 11.9. The van der Waals surface area contributed by atoms with Crippen molar-refractivity contribution in [1.29, 1.82) is 0 Å². The lowest BCUT2D eigenvalue weighted by molar-refractivity contribution is 0.0700. The number of hydrogen-bond acceptors (Lipinski definition) is 4. The Hall–Kier alpha value is -0.940. The van der Waals surface area contributed by atoms with Gasteiger partial charge in [0.05, 0.1) is 11.7 Å². The molecule has 2 rings (SSSR count). The quantitative estimate of drug-likeness (QED) is 0.847. The fraction of sp³-hybridized carbons (Fsp3) is 0.636. The minimum atomic E-state index is -0.893. The van der Waals surface area contributed by atoms with Crippen LogP contribution in [0.15, 0.2) is 0 Å². The highest BCUT2D eigenvalue weighted by molar-refractivity contribution is 7.13. The van der Waals surface area contributed by atoms with Crippen LogP contribution in [-0.4, -0.2) is 16.1 Å². The van der Waals surface area contributed by atoms with E-state index in [1.807, 2.05) is 13.8 Å². The molecule has 1 saturated carbocycles. The van der Waals surface area contributed by atoms with E-state index in [9.17, 15) is 4.79 Å². The van der Waals surface area contributed by atoms with Crippen LogP contribution >= 0.6 is 11.3 Å². The third kappa shape index (κ3) is 2.10. The predicted molar refractivity (Wildman–Crippen MR) is 62.8 cm³/mol. The van der Waals surface area contributed by atoms with Crippen molar-refractivity contribution in [3.63, 3.8) is 0 Å². The second kappa shape index (κ2) is 4.14. The number of nitrogens with zero attached hydrogens (tertiary/aromatic N) is 1. The number of carboxylic acids is 1. The van der Waals surface area contributed by atoms with Gasteiger partial charge in [-0.25, -0.2) is 9.78 Å². The van der Waals surface area contributed by atoms with Crippen molar-refractivity contribution < 1.29 is 9.90 Å². The summed E-state index contributed by atoms with van der Waals surface area (Å²) in [7, 11) is 0. The van der Waals surface area contributed by atoms with Crippen LogP contribution in [0.3, 0.4) is 0 Å². The summed E-state index contributed by atoms with van der Waals surface area (Å²) >= 11 is 1.24. The molecule has 0 bridgehead atoms. The number of nitrogens with two attached hydrogens (primary N) is 1. The first-order chi connectivity index (χ1) is 7.50. The van der Waals surface area contributed by atoms with Crippen molar-refractivity contribution in [3.8, 4) is 0 Å². The van der Waals surface area contributed by atoms with Crippen molar-refractivity contribution in [2.75, 3.05) is 0 Å². The summed E-state index contributed by atoms with van der Waals surface area (Å²) in [6.07, 6.45) is 2.28. The third-order valence-corrected chi connectivity index (χ3v) is 3.99. The lowest BCUT2D eigenvalue weighted by Crippen LogP contribution is -2.12. The molecule has 5 heteroatoms. The minimum absolute atomic E-state index is 0.0735. The van der Waals surface area contributed by atoms with Gasteiger partial charge in [0.1, 0.15) is 9.88 Å². The molecule has 0 spiro atoms. The summed E-state index contributed by atoms with van der Waals surface area (Å²) in [6.45, 7) is 3.90. The van der Waals surface area contributed by atoms with E-state index in [0.717, 1.165) is 17.8 Å². The van der Waals surface area contributed by atoms with Crippen LogP contribution < -0.4 is 5.73 Å². The molecule has 3 N–H and O–H groups in total. The highest BCUT2D eigenvalue weighted by Crippen LogP contribution is 2.41. The molecule has 0 amide bonds. The van der Waals surface area contributed by atoms with Gasteiger partial charge in [-0.1, -0.05) is 13.8 Å². The third-order valence-electron chi connectivity index (χ3n) is 2.83. The fourth-order valence-electron chi connectivity index (χ4n) is 1.69. The van der Waals surface area contributed by atoms with Crippen LogP contribution in [0.25, 0.3) is 0 Å². The first kappa shape index (κ1) is 11.5. The minimum Gasteiger partial charge on any atom is -0.477 e. The zero-order valence-electron chi connectivity index (χ0n) is 9.43. The summed E-state index contributed by atoms with van der Waals surface area (Å²) < 4.78 is 0. The van der Waals surface area contributed by atoms with E-state index in [1.54, 1.807) is 0 Å². The molecule has 1 heterocycles. The van der Waals surface area contributed by atoms with E-state index in [4.69, 9.17) is 10.8 Å². The summed E-state index contributed by atoms with van der Waals surface area (Å²) in [6, 6.07) is -0.0735. The smallest absolute Gasteiger partial charge is 0.347 e. The number of thiazole rings is 1. The molecule has 1 unspecified atom stereocenters. The number of hydrogen-bond donors (Lipinski definition) is 2. The van der Waals surface area contributed by atoms with Gasteiger partial charge >= 0.3 is 5.97 Å². The van der Waals surface area contributed by atoms with Crippen molar-refractivity contribution in [1.82, 2.24) is 4.98 Å². The van der Waals surface area contributed by atoms with Gasteiger partial charge in [0, 0.05) is 0 Å². The molecule has 0 aromatic carbocycles. The monoisotopic (exact) mass is 240 g/mol. The number of rotatable bonds is 4. The van der Waals surface area contributed by atoms with Gasteiger partial charge in [-0.15, -0.1) is 11.3 Å². The average Bonchev–Trinajstić information content (AvgIpc) is 2.94. The topological polar surface area (TPSA) is 76.2 Å². The van der Waals surface area contributed by atoms with Crippen molar-refractivity contribution >= 4 is 17.3 Å². The largest absolute Gasteiger partial charge is 0.477 e. The molecule has 1 aliphatic rings. The second-order valence-corrected chi connectivity index (χ2v) is 5.62. The second-order valence-electron chi connectivity index (χ2n) is 4.59. The van der Waals surface area contributed by atoms with E-state index in [2.05, 4.69) is 4.98 Å². The molecule has 1 aromatic rings. The Balaban J connectivity index is 2.33. The number of aromatic carboxylic acids is 1. The van der Waals surface area contributed by atoms with Crippen LogP contribution in [0.4, 0.5) is 0 Å². The Bertz CT molecular complexity index is 410. The van der Waals surface area contributed by atoms with Crippen LogP contribution in [0.2, 0.25) is 0 Å². The van der Waals surface area contributed by atoms with Gasteiger partial charge in [-0.05, 0) is 24.7 Å². The van der Waals surface area contributed by atoms with Gasteiger partial charge in [-0.3, -0.25) is 0 Å². The maximum Gasteiger partial charge on any atom is 0.347 e. The molecule has 88 valence electrons. The van der Waals surface area contributed by atoms with Gasteiger partial charge in [0.25, 0.3) is 0 Å². The average molecular weight is 240 g/mol. The van der Waals surface area contributed by atoms with Crippen LogP contribution in [0, 0.1) is 5.92 Å². The number of carboxylic acid groups (broad SMARTS) is 1. The van der Waals surface area contributed by atoms with Crippen molar-refractivity contribution in [2.24, 2.45) is 11.7 Å². The molecule has 0 saturated heterocycles. The molecule has 1 aliphatic carbocycles. The molecular weight excluding hydrogens is 224 g/mol. The molecule has 1 aromatic heterocycles. The van der Waals surface area contributed by atoms with E-state index in [0.29, 0.717) is 16.5 Å². The Morgan fingerprint density at radius 1 is 1.56 bits per heavy atom. The molecule has 4 nitrogen and oxygen atoms in total. The van der Waals surface area contributed by atoms with E-state index >= 15 is 0 Å². The number of aromatic nitrogens is 1. The standard InChI is InChI=1S/C11H16N2O2S/c1-5(2)8-9(11(14)15)16-10(13-8)7(12)6-3-4-6/h5-7H,3-4,12H2,1-2H3,(H,14,15). The maximum absolute atomic E-state index is 11.1. The van der Waals surface area contributed by atoms with Gasteiger partial charge in [0.2, 0.25) is 0 Å². The van der Waals surface area contributed by atoms with Crippen LogP contribution in [0.1, 0.15) is 59.0 Å². The molecule has 1 atom stereocenters. The SMILES string of the molecule is CC(C)c1nc(C(N)C2CC2)sc1C(=O)O. The molecule has 16 heavy (non-hydrogen) atoms. The lowest BCUT2D eigenvalue weighted by Gasteiger charge is -2.05. The molecule has 0 radical (unpaired) electrons. The summed E-state index contributed by atoms with van der Waals surface area (Å²) in [5.41, 5.74) is 6.71. The first-order valence-electron chi connectivity index (χ1n) is 5.50. The van der Waals surface area contributed by atoms with E-state index in [1.165, 1.54) is 11.3 Å². The van der Waals surface area contributed by atoms with Gasteiger partial charge in [0.15, 0.2) is 0 Å². The fourth-order valence-corrected chi connectivity index (χ4v) is 2.85. The molecule has 0 aliphatic heterocycles. The predicted octanol–water partition coefficient (Wildman–Crippen LogP) is 2.37. The van der Waals surface area contributed by atoms with Crippen LogP contribution in [-0.2, 0) is 0 Å². The lowest BCUT2D eigenvalue weighted by atomic mass is 10.1. The van der Waals surface area contributed by atoms with Crippen molar-refractivity contribution in [2.45, 2.75) is 38.6 Å². The molecule has 1 fully saturated rings. The highest BCUT2D eigenvalue weighted by Gasteiger charge is 2.33.